The lowest BCUT2D eigenvalue weighted by atomic mass is 9.78. The Morgan fingerprint density at radius 2 is 1.22 bits per heavy atom. The SMILES string of the molecule is CC(=O)OC[C@@H](OC(C)=O)[C@@H](OC(C)=O)[C@@H](C[C@H]1C(N=Nc2ccccc2)=C(N(C)Cc2ccccc2)S[C@@]1(C(=O)Nc1ccccc1)c1ccccc1)OC(C)=O. The van der Waals surface area contributed by atoms with Crippen LogP contribution in [0, 0.1) is 5.92 Å². The number of benzene rings is 4. The molecular weight excluding hydrogens is 761 g/mol. The summed E-state index contributed by atoms with van der Waals surface area (Å²) in [6, 6.07) is 37.0. The molecule has 14 heteroatoms. The van der Waals surface area contributed by atoms with Gasteiger partial charge in [-0.2, -0.15) is 10.2 Å². The molecule has 0 unspecified atom stereocenters. The van der Waals surface area contributed by atoms with Crippen molar-refractivity contribution in [1.82, 2.24) is 4.90 Å². The fourth-order valence-electron chi connectivity index (χ4n) is 6.73. The number of rotatable bonds is 17. The van der Waals surface area contributed by atoms with E-state index in [9.17, 15) is 19.2 Å². The normalized spacial score (nSPS) is 17.8. The quantitative estimate of drug-likeness (QED) is 0.0632. The van der Waals surface area contributed by atoms with Gasteiger partial charge >= 0.3 is 23.9 Å². The molecule has 1 N–H and O–H groups in total. The van der Waals surface area contributed by atoms with Crippen LogP contribution in [-0.4, -0.2) is 66.7 Å². The molecule has 0 aromatic heterocycles. The molecule has 302 valence electrons. The van der Waals surface area contributed by atoms with Crippen molar-refractivity contribution in [2.24, 2.45) is 16.1 Å². The molecule has 1 heterocycles. The van der Waals surface area contributed by atoms with E-state index in [0.29, 0.717) is 34.2 Å². The molecule has 1 aliphatic rings. The van der Waals surface area contributed by atoms with E-state index in [-0.39, 0.29) is 6.42 Å². The van der Waals surface area contributed by atoms with Gasteiger partial charge in [-0.15, -0.1) is 0 Å². The molecule has 13 nitrogen and oxygen atoms in total. The number of nitrogens with zero attached hydrogens (tertiary/aromatic N) is 3. The highest BCUT2D eigenvalue weighted by atomic mass is 32.2. The van der Waals surface area contributed by atoms with Gasteiger partial charge in [-0.1, -0.05) is 109 Å². The average Bonchev–Trinajstić information content (AvgIpc) is 3.53. The topological polar surface area (TPSA) is 162 Å². The van der Waals surface area contributed by atoms with Crippen LogP contribution in [0.15, 0.2) is 142 Å². The Morgan fingerprint density at radius 3 is 1.79 bits per heavy atom. The molecular formula is C44H46N4O9S. The van der Waals surface area contributed by atoms with E-state index in [0.717, 1.165) is 19.4 Å². The Balaban J connectivity index is 1.78. The second-order valence-electron chi connectivity index (χ2n) is 13.6. The van der Waals surface area contributed by atoms with Crippen LogP contribution in [-0.2, 0) is 54.2 Å². The molecule has 0 radical (unpaired) electrons. The van der Waals surface area contributed by atoms with Crippen LogP contribution in [0.25, 0.3) is 0 Å². The molecule has 4 aromatic carbocycles. The molecule has 1 aliphatic heterocycles. The second kappa shape index (κ2) is 20.2. The van der Waals surface area contributed by atoms with Crippen molar-refractivity contribution in [3.8, 4) is 0 Å². The lowest BCUT2D eigenvalue weighted by molar-refractivity contribution is -0.190. The first-order chi connectivity index (χ1) is 27.9. The van der Waals surface area contributed by atoms with Gasteiger partial charge in [0, 0.05) is 52.9 Å². The number of carbonyl (C=O) groups is 5. The standard InChI is InChI=1S/C44H46N4O9S/c1-29(49)54-28-39(56-31(3)51)41(57-32(4)52)38(55-30(2)50)26-37-40(47-46-36-24-16-9-17-25-36)42(48(5)27-33-18-10-6-11-19-33)58-44(37,34-20-12-7-13-21-34)43(53)45-35-22-14-8-15-23-35/h6-25,37-39,41H,26-28H2,1-5H3,(H,45,53)/t37-,38+,39+,41-,44-/m0/s1. The summed E-state index contributed by atoms with van der Waals surface area (Å²) in [6.45, 7) is 4.56. The van der Waals surface area contributed by atoms with Crippen molar-refractivity contribution < 1.29 is 42.9 Å². The highest BCUT2D eigenvalue weighted by molar-refractivity contribution is 8.04. The second-order valence-corrected chi connectivity index (χ2v) is 14.8. The summed E-state index contributed by atoms with van der Waals surface area (Å²) in [5.74, 6) is -4.39. The van der Waals surface area contributed by atoms with E-state index in [1.54, 1.807) is 36.4 Å². The minimum absolute atomic E-state index is 0.217. The molecule has 0 fully saturated rings. The molecule has 0 spiro atoms. The van der Waals surface area contributed by atoms with E-state index in [1.807, 2.05) is 96.9 Å². The maximum absolute atomic E-state index is 15.3. The summed E-state index contributed by atoms with van der Waals surface area (Å²) in [6.07, 6.45) is -4.52. The molecule has 0 aliphatic carbocycles. The molecule has 0 bridgehead atoms. The number of thioether (sulfide) groups is 1. The van der Waals surface area contributed by atoms with Crippen molar-refractivity contribution in [2.45, 2.75) is 63.7 Å². The number of esters is 4. The Morgan fingerprint density at radius 1 is 0.690 bits per heavy atom. The maximum atomic E-state index is 15.3. The highest BCUT2D eigenvalue weighted by Gasteiger charge is 2.58. The zero-order chi connectivity index (χ0) is 41.7. The Hall–Kier alpha value is -6.28. The molecule has 1 amide bonds. The molecule has 0 saturated carbocycles. The smallest absolute Gasteiger partial charge is 0.303 e. The van der Waals surface area contributed by atoms with Crippen LogP contribution in [0.5, 0.6) is 0 Å². The fourth-order valence-corrected chi connectivity index (χ4v) is 8.29. The number of carbonyl (C=O) groups excluding carboxylic acids is 5. The number of nitrogens with one attached hydrogen (secondary N) is 1. The van der Waals surface area contributed by atoms with Crippen molar-refractivity contribution in [3.63, 3.8) is 0 Å². The zero-order valence-electron chi connectivity index (χ0n) is 32.9. The van der Waals surface area contributed by atoms with Gasteiger partial charge in [-0.25, -0.2) is 0 Å². The van der Waals surface area contributed by atoms with Gasteiger partial charge in [0.15, 0.2) is 12.2 Å². The van der Waals surface area contributed by atoms with Crippen molar-refractivity contribution in [3.05, 3.63) is 143 Å². The average molecular weight is 807 g/mol. The maximum Gasteiger partial charge on any atom is 0.303 e. The highest BCUT2D eigenvalue weighted by Crippen LogP contribution is 2.60. The summed E-state index contributed by atoms with van der Waals surface area (Å²) in [5.41, 5.74) is 3.03. The Bertz CT molecular complexity index is 2100. The van der Waals surface area contributed by atoms with Crippen molar-refractivity contribution >= 4 is 52.9 Å². The van der Waals surface area contributed by atoms with Gasteiger partial charge in [0.25, 0.3) is 0 Å². The number of anilines is 1. The van der Waals surface area contributed by atoms with E-state index in [2.05, 4.69) is 10.4 Å². The molecule has 4 aromatic rings. The number of ether oxygens (including phenoxy) is 4. The zero-order valence-corrected chi connectivity index (χ0v) is 33.7. The van der Waals surface area contributed by atoms with Crippen LogP contribution in [0.2, 0.25) is 0 Å². The van der Waals surface area contributed by atoms with Crippen LogP contribution < -0.4 is 5.32 Å². The third kappa shape index (κ3) is 11.2. The first kappa shape index (κ1) is 42.9. The van der Waals surface area contributed by atoms with Crippen LogP contribution in [0.1, 0.15) is 45.2 Å². The van der Waals surface area contributed by atoms with Crippen LogP contribution in [0.4, 0.5) is 11.4 Å². The van der Waals surface area contributed by atoms with E-state index in [4.69, 9.17) is 24.1 Å². The number of azo groups is 1. The van der Waals surface area contributed by atoms with Gasteiger partial charge in [0.1, 0.15) is 17.5 Å². The first-order valence-electron chi connectivity index (χ1n) is 18.6. The number of hydrogen-bond acceptors (Lipinski definition) is 13. The summed E-state index contributed by atoms with van der Waals surface area (Å²) in [4.78, 5) is 67.6. The minimum Gasteiger partial charge on any atom is -0.462 e. The summed E-state index contributed by atoms with van der Waals surface area (Å²) in [5, 5.41) is 13.3. The minimum atomic E-state index is -1.53. The largest absolute Gasteiger partial charge is 0.462 e. The predicted octanol–water partition coefficient (Wildman–Crippen LogP) is 7.72. The number of hydrogen-bond donors (Lipinski definition) is 1. The molecule has 5 rings (SSSR count). The van der Waals surface area contributed by atoms with Gasteiger partial charge in [-0.3, -0.25) is 24.0 Å². The number of para-hydroxylation sites is 1. The number of allylic oxidation sites excluding steroid dienone is 1. The summed E-state index contributed by atoms with van der Waals surface area (Å²) < 4.78 is 21.1. The third-order valence-corrected chi connectivity index (χ3v) is 10.8. The van der Waals surface area contributed by atoms with Crippen LogP contribution in [0.3, 0.4) is 0 Å². The van der Waals surface area contributed by atoms with Crippen molar-refractivity contribution in [2.75, 3.05) is 19.0 Å². The van der Waals surface area contributed by atoms with Crippen LogP contribution >= 0.6 is 11.8 Å². The molecule has 5 atom stereocenters. The summed E-state index contributed by atoms with van der Waals surface area (Å²) >= 11 is 1.27. The number of amides is 1. The first-order valence-corrected chi connectivity index (χ1v) is 19.4. The van der Waals surface area contributed by atoms with Gasteiger partial charge in [0.2, 0.25) is 5.91 Å². The van der Waals surface area contributed by atoms with Gasteiger partial charge in [0.05, 0.1) is 16.4 Å². The van der Waals surface area contributed by atoms with Gasteiger partial charge < -0.3 is 29.2 Å². The Labute approximate surface area is 341 Å². The lowest BCUT2D eigenvalue weighted by Crippen LogP contribution is -2.50. The van der Waals surface area contributed by atoms with Gasteiger partial charge in [-0.05, 0) is 41.8 Å². The predicted molar refractivity (Wildman–Crippen MR) is 218 cm³/mol. The van der Waals surface area contributed by atoms with E-state index in [1.165, 1.54) is 25.6 Å². The monoisotopic (exact) mass is 806 g/mol. The summed E-state index contributed by atoms with van der Waals surface area (Å²) in [7, 11) is 1.89. The molecule has 0 saturated heterocycles. The van der Waals surface area contributed by atoms with Crippen molar-refractivity contribution in [1.29, 1.82) is 0 Å². The van der Waals surface area contributed by atoms with E-state index >= 15 is 4.79 Å². The van der Waals surface area contributed by atoms with E-state index < -0.39 is 65.4 Å². The fraction of sp³-hybridized carbons (Fsp3) is 0.295. The Kier molecular flexibility index (Phi) is 14.9. The lowest BCUT2D eigenvalue weighted by Gasteiger charge is -2.38. The molecule has 58 heavy (non-hydrogen) atoms. The third-order valence-electron chi connectivity index (χ3n) is 9.10.